The van der Waals surface area contributed by atoms with Gasteiger partial charge in [-0.3, -0.25) is 5.32 Å². The van der Waals surface area contributed by atoms with Gasteiger partial charge >= 0.3 is 6.09 Å². The number of carbonyl (C=O) groups excluding carboxylic acids is 1. The first-order chi connectivity index (χ1) is 9.10. The molecule has 0 saturated heterocycles. The number of rotatable bonds is 3. The zero-order chi connectivity index (χ0) is 15.5. The van der Waals surface area contributed by atoms with E-state index in [0.29, 0.717) is 0 Å². The summed E-state index contributed by atoms with van der Waals surface area (Å²) < 4.78 is 30.0. The number of nitrogens with one attached hydrogen (secondary N) is 1. The van der Waals surface area contributed by atoms with Crippen LogP contribution in [0.5, 0.6) is 0 Å². The lowest BCUT2D eigenvalue weighted by Gasteiger charge is -2.20. The van der Waals surface area contributed by atoms with Crippen LogP contribution in [0.15, 0.2) is 18.2 Å². The lowest BCUT2D eigenvalue weighted by atomic mass is 10.1. The van der Waals surface area contributed by atoms with Crippen LogP contribution in [-0.2, 0) is 4.74 Å². The molecule has 0 spiro atoms. The fraction of sp³-hybridized carbons (Fsp3) is 0.462. The Bertz CT molecular complexity index is 490. The summed E-state index contributed by atoms with van der Waals surface area (Å²) in [6, 6.07) is 2.67. The second-order valence-corrected chi connectivity index (χ2v) is 5.63. The molecule has 0 aliphatic carbocycles. The van der Waals surface area contributed by atoms with Crippen LogP contribution < -0.4 is 11.1 Å². The monoisotopic (exact) mass is 306 g/mol. The van der Waals surface area contributed by atoms with Crippen molar-refractivity contribution in [3.63, 3.8) is 0 Å². The average Bonchev–Trinajstić information content (AvgIpc) is 2.28. The molecule has 20 heavy (non-hydrogen) atoms. The van der Waals surface area contributed by atoms with Gasteiger partial charge in [0, 0.05) is 0 Å². The van der Waals surface area contributed by atoms with Gasteiger partial charge in [0.25, 0.3) is 6.43 Å². The van der Waals surface area contributed by atoms with Crippen LogP contribution in [0, 0.1) is 0 Å². The summed E-state index contributed by atoms with van der Waals surface area (Å²) in [7, 11) is 0. The van der Waals surface area contributed by atoms with Crippen molar-refractivity contribution in [3.05, 3.63) is 28.8 Å². The van der Waals surface area contributed by atoms with E-state index in [9.17, 15) is 13.6 Å². The first kappa shape index (κ1) is 16.7. The van der Waals surface area contributed by atoms with E-state index in [0.717, 1.165) is 0 Å². The van der Waals surface area contributed by atoms with Gasteiger partial charge in [-0.1, -0.05) is 17.7 Å². The highest BCUT2D eigenvalue weighted by atomic mass is 35.5. The van der Waals surface area contributed by atoms with Crippen molar-refractivity contribution >= 4 is 23.4 Å². The molecule has 112 valence electrons. The van der Waals surface area contributed by atoms with Gasteiger partial charge in [0.2, 0.25) is 0 Å². The van der Waals surface area contributed by atoms with Crippen LogP contribution in [0.1, 0.15) is 32.4 Å². The second kappa shape index (κ2) is 6.37. The predicted molar refractivity (Wildman–Crippen MR) is 74.2 cm³/mol. The van der Waals surface area contributed by atoms with Crippen LogP contribution in [0.3, 0.4) is 0 Å². The van der Waals surface area contributed by atoms with E-state index in [2.05, 4.69) is 5.32 Å². The lowest BCUT2D eigenvalue weighted by Crippen LogP contribution is -2.27. The van der Waals surface area contributed by atoms with Gasteiger partial charge < -0.3 is 10.5 Å². The molecule has 7 heteroatoms. The normalized spacial score (nSPS) is 13.2. The summed E-state index contributed by atoms with van der Waals surface area (Å²) in [5, 5.41) is 2.56. The Hall–Kier alpha value is -1.40. The van der Waals surface area contributed by atoms with E-state index in [1.165, 1.54) is 18.2 Å². The number of hydrogen-bond donors (Lipinski definition) is 2. The lowest BCUT2D eigenvalue weighted by molar-refractivity contribution is 0.0636. The molecule has 0 aliphatic heterocycles. The minimum atomic E-state index is -2.68. The summed E-state index contributed by atoms with van der Waals surface area (Å²) in [5.74, 6) is 0. The van der Waals surface area contributed by atoms with Crippen molar-refractivity contribution < 1.29 is 18.3 Å². The summed E-state index contributed by atoms with van der Waals surface area (Å²) in [6.07, 6.45) is -3.36. The Morgan fingerprint density at radius 1 is 1.40 bits per heavy atom. The van der Waals surface area contributed by atoms with E-state index >= 15 is 0 Å². The third-order valence-electron chi connectivity index (χ3n) is 2.29. The van der Waals surface area contributed by atoms with Crippen LogP contribution in [0.25, 0.3) is 0 Å². The maximum atomic E-state index is 12.5. The summed E-state index contributed by atoms with van der Waals surface area (Å²) in [6.45, 7) is 5.16. The van der Waals surface area contributed by atoms with E-state index in [1.54, 1.807) is 20.8 Å². The minimum absolute atomic E-state index is 0.115. The molecule has 1 amide bonds. The van der Waals surface area contributed by atoms with Crippen LogP contribution in [0.4, 0.5) is 19.3 Å². The van der Waals surface area contributed by atoms with Crippen molar-refractivity contribution in [2.24, 2.45) is 5.73 Å². The Kier molecular flexibility index (Phi) is 5.30. The SMILES string of the molecule is CC(C)(C)OC(=O)Nc1ccc(C(N)C(F)F)cc1Cl. The summed E-state index contributed by atoms with van der Waals surface area (Å²) in [4.78, 5) is 11.6. The topological polar surface area (TPSA) is 64.3 Å². The van der Waals surface area contributed by atoms with Crippen LogP contribution in [0.2, 0.25) is 5.02 Å². The van der Waals surface area contributed by atoms with E-state index < -0.39 is 24.2 Å². The third-order valence-corrected chi connectivity index (χ3v) is 2.60. The first-order valence-corrected chi connectivity index (χ1v) is 6.31. The molecule has 4 nitrogen and oxygen atoms in total. The molecular weight excluding hydrogens is 290 g/mol. The number of alkyl halides is 2. The number of nitrogens with two attached hydrogens (primary N) is 1. The average molecular weight is 307 g/mol. The number of anilines is 1. The van der Waals surface area contributed by atoms with E-state index in [4.69, 9.17) is 22.1 Å². The van der Waals surface area contributed by atoms with Gasteiger partial charge in [-0.05, 0) is 38.5 Å². The molecule has 1 aromatic carbocycles. The van der Waals surface area contributed by atoms with Gasteiger partial charge in [0.05, 0.1) is 16.8 Å². The smallest absolute Gasteiger partial charge is 0.412 e. The number of amides is 1. The zero-order valence-corrected chi connectivity index (χ0v) is 12.2. The molecule has 0 radical (unpaired) electrons. The Morgan fingerprint density at radius 2 is 2.00 bits per heavy atom. The Balaban J connectivity index is 2.81. The number of halogens is 3. The maximum absolute atomic E-state index is 12.5. The van der Waals surface area contributed by atoms with Crippen molar-refractivity contribution in [1.29, 1.82) is 0 Å². The van der Waals surface area contributed by atoms with E-state index in [-0.39, 0.29) is 16.3 Å². The highest BCUT2D eigenvalue weighted by Gasteiger charge is 2.20. The van der Waals surface area contributed by atoms with Gasteiger partial charge in [0.15, 0.2) is 0 Å². The quantitative estimate of drug-likeness (QED) is 0.888. The fourth-order valence-electron chi connectivity index (χ4n) is 1.40. The molecule has 1 aromatic rings. The molecule has 1 atom stereocenters. The molecule has 3 N–H and O–H groups in total. The number of ether oxygens (including phenoxy) is 1. The Morgan fingerprint density at radius 3 is 2.45 bits per heavy atom. The summed E-state index contributed by atoms with van der Waals surface area (Å²) >= 11 is 5.92. The molecular formula is C13H17ClF2N2O2. The van der Waals surface area contributed by atoms with Gasteiger partial charge in [-0.25, -0.2) is 13.6 Å². The van der Waals surface area contributed by atoms with Crippen LogP contribution in [-0.4, -0.2) is 18.1 Å². The molecule has 1 unspecified atom stereocenters. The zero-order valence-electron chi connectivity index (χ0n) is 11.4. The Labute approximate surface area is 121 Å². The van der Waals surface area contributed by atoms with Crippen molar-refractivity contribution in [3.8, 4) is 0 Å². The van der Waals surface area contributed by atoms with Crippen LogP contribution >= 0.6 is 11.6 Å². The minimum Gasteiger partial charge on any atom is -0.444 e. The van der Waals surface area contributed by atoms with E-state index in [1.807, 2.05) is 0 Å². The highest BCUT2D eigenvalue weighted by molar-refractivity contribution is 6.33. The van der Waals surface area contributed by atoms with Gasteiger partial charge in [-0.15, -0.1) is 0 Å². The number of carbonyl (C=O) groups is 1. The van der Waals surface area contributed by atoms with Crippen molar-refractivity contribution in [2.45, 2.75) is 38.8 Å². The van der Waals surface area contributed by atoms with Crippen molar-refractivity contribution in [1.82, 2.24) is 0 Å². The second-order valence-electron chi connectivity index (χ2n) is 5.23. The summed E-state index contributed by atoms with van der Waals surface area (Å²) in [5.41, 5.74) is 5.14. The number of hydrogen-bond acceptors (Lipinski definition) is 3. The predicted octanol–water partition coefficient (Wildman–Crippen LogP) is 3.95. The molecule has 0 bridgehead atoms. The van der Waals surface area contributed by atoms with Gasteiger partial charge in [-0.2, -0.15) is 0 Å². The standard InChI is InChI=1S/C13H17ClF2N2O2/c1-13(2,3)20-12(19)18-9-5-4-7(6-8(9)14)10(17)11(15)16/h4-6,10-11H,17H2,1-3H3,(H,18,19). The molecule has 1 rings (SSSR count). The molecule has 0 aliphatic rings. The third kappa shape index (κ3) is 4.94. The maximum Gasteiger partial charge on any atom is 0.412 e. The molecule has 0 saturated carbocycles. The molecule has 0 aromatic heterocycles. The molecule has 0 fully saturated rings. The fourth-order valence-corrected chi connectivity index (χ4v) is 1.64. The largest absolute Gasteiger partial charge is 0.444 e. The number of benzene rings is 1. The van der Waals surface area contributed by atoms with Gasteiger partial charge in [0.1, 0.15) is 5.60 Å². The highest BCUT2D eigenvalue weighted by Crippen LogP contribution is 2.27. The van der Waals surface area contributed by atoms with Crippen molar-refractivity contribution in [2.75, 3.05) is 5.32 Å². The first-order valence-electron chi connectivity index (χ1n) is 5.93. The molecule has 0 heterocycles.